The monoisotopic (exact) mass is 204 g/mol. The molecule has 13 heavy (non-hydrogen) atoms. The topological polar surface area (TPSA) is 31.0 Å². The molecule has 0 N–H and O–H groups in total. The summed E-state index contributed by atoms with van der Waals surface area (Å²) < 4.78 is 16.7. The maximum Gasteiger partial charge on any atom is 0.163 e. The first-order valence-corrected chi connectivity index (χ1v) is 5.76. The van der Waals surface area contributed by atoms with Crippen molar-refractivity contribution in [2.24, 2.45) is 0 Å². The van der Waals surface area contributed by atoms with Gasteiger partial charge in [-0.05, 0) is 19.6 Å². The number of ether oxygens (including phenoxy) is 3. The third kappa shape index (κ3) is 2.18. The number of epoxide rings is 1. The summed E-state index contributed by atoms with van der Waals surface area (Å²) in [6.07, 6.45) is 0.394. The Balaban J connectivity index is 1.79. The maximum absolute atomic E-state index is 5.69. The minimum absolute atomic E-state index is 0.138. The molecule has 2 saturated heterocycles. The van der Waals surface area contributed by atoms with Gasteiger partial charge in [-0.15, -0.1) is 11.8 Å². The van der Waals surface area contributed by atoms with E-state index in [4.69, 9.17) is 14.2 Å². The molecule has 3 atom stereocenters. The lowest BCUT2D eigenvalue weighted by atomic mass is 10.3. The molecule has 2 heterocycles. The molecule has 76 valence electrons. The van der Waals surface area contributed by atoms with Gasteiger partial charge in [0, 0.05) is 0 Å². The lowest BCUT2D eigenvalue weighted by molar-refractivity contribution is -0.140. The first-order valence-electron chi connectivity index (χ1n) is 4.71. The Kier molecular flexibility index (Phi) is 2.57. The van der Waals surface area contributed by atoms with Crippen molar-refractivity contribution in [1.29, 1.82) is 0 Å². The van der Waals surface area contributed by atoms with Gasteiger partial charge in [0.15, 0.2) is 5.79 Å². The third-order valence-corrected chi connectivity index (χ3v) is 3.25. The standard InChI is InChI=1S/C9H16O3S/c1-4-13-8-7(11-8)6-5-10-9(2,3)12-6/h6-8H,4-5H2,1-3H3/t6-,7?,8?/m1/s1. The summed E-state index contributed by atoms with van der Waals surface area (Å²) in [7, 11) is 0. The van der Waals surface area contributed by atoms with Gasteiger partial charge in [-0.2, -0.15) is 0 Å². The lowest BCUT2D eigenvalue weighted by Crippen LogP contribution is -2.24. The molecule has 0 radical (unpaired) electrons. The summed E-state index contributed by atoms with van der Waals surface area (Å²) in [5.41, 5.74) is 0.340. The summed E-state index contributed by atoms with van der Waals surface area (Å²) in [5, 5.41) is 0. The van der Waals surface area contributed by atoms with Gasteiger partial charge in [0.05, 0.1) is 6.61 Å². The zero-order chi connectivity index (χ0) is 9.47. The van der Waals surface area contributed by atoms with Crippen LogP contribution in [-0.4, -0.2) is 35.8 Å². The van der Waals surface area contributed by atoms with E-state index in [1.54, 1.807) is 0 Å². The van der Waals surface area contributed by atoms with Crippen molar-refractivity contribution in [3.63, 3.8) is 0 Å². The van der Waals surface area contributed by atoms with Crippen molar-refractivity contribution < 1.29 is 14.2 Å². The van der Waals surface area contributed by atoms with Gasteiger partial charge in [-0.1, -0.05) is 6.92 Å². The quantitative estimate of drug-likeness (QED) is 0.654. The summed E-state index contributed by atoms with van der Waals surface area (Å²) in [4.78, 5) is 0. The van der Waals surface area contributed by atoms with Crippen LogP contribution in [0.3, 0.4) is 0 Å². The molecule has 0 aromatic carbocycles. The van der Waals surface area contributed by atoms with Gasteiger partial charge in [0.1, 0.15) is 17.6 Å². The molecular weight excluding hydrogens is 188 g/mol. The van der Waals surface area contributed by atoms with Crippen molar-refractivity contribution in [1.82, 2.24) is 0 Å². The fourth-order valence-electron chi connectivity index (χ4n) is 1.55. The Hall–Kier alpha value is 0.230. The molecule has 0 spiro atoms. The molecule has 2 unspecified atom stereocenters. The van der Waals surface area contributed by atoms with Gasteiger partial charge in [-0.3, -0.25) is 0 Å². The van der Waals surface area contributed by atoms with Crippen LogP contribution in [0, 0.1) is 0 Å². The van der Waals surface area contributed by atoms with E-state index in [2.05, 4.69) is 6.92 Å². The second-order valence-corrected chi connectivity index (χ2v) is 5.17. The average Bonchev–Trinajstić information content (AvgIpc) is 2.70. The second kappa shape index (κ2) is 3.42. The molecule has 2 aliphatic rings. The predicted molar refractivity (Wildman–Crippen MR) is 51.7 cm³/mol. The molecule has 0 aromatic rings. The van der Waals surface area contributed by atoms with Gasteiger partial charge >= 0.3 is 0 Å². The third-order valence-electron chi connectivity index (χ3n) is 2.21. The maximum atomic E-state index is 5.69. The Morgan fingerprint density at radius 3 is 2.77 bits per heavy atom. The van der Waals surface area contributed by atoms with Crippen LogP contribution < -0.4 is 0 Å². The molecule has 0 bridgehead atoms. The zero-order valence-corrected chi connectivity index (χ0v) is 9.10. The Labute approximate surface area is 83.1 Å². The predicted octanol–water partition coefficient (Wildman–Crippen LogP) is 1.62. The zero-order valence-electron chi connectivity index (χ0n) is 8.28. The van der Waals surface area contributed by atoms with E-state index >= 15 is 0 Å². The van der Waals surface area contributed by atoms with Crippen molar-refractivity contribution in [3.8, 4) is 0 Å². The second-order valence-electron chi connectivity index (χ2n) is 3.79. The largest absolute Gasteiger partial charge is 0.355 e. The van der Waals surface area contributed by atoms with E-state index in [1.165, 1.54) is 0 Å². The first kappa shape index (κ1) is 9.77. The fraction of sp³-hybridized carbons (Fsp3) is 1.00. The van der Waals surface area contributed by atoms with Crippen LogP contribution in [-0.2, 0) is 14.2 Å². The van der Waals surface area contributed by atoms with Gasteiger partial charge in [0.25, 0.3) is 0 Å². The highest BCUT2D eigenvalue weighted by molar-refractivity contribution is 8.00. The highest BCUT2D eigenvalue weighted by atomic mass is 32.2. The van der Waals surface area contributed by atoms with Crippen LogP contribution in [0.5, 0.6) is 0 Å². The molecular formula is C9H16O3S. The Morgan fingerprint density at radius 2 is 2.23 bits per heavy atom. The van der Waals surface area contributed by atoms with Crippen LogP contribution in [0.4, 0.5) is 0 Å². The summed E-state index contributed by atoms with van der Waals surface area (Å²) in [6.45, 7) is 6.69. The van der Waals surface area contributed by atoms with Crippen LogP contribution >= 0.6 is 11.8 Å². The SMILES string of the molecule is CCSC1OC1[C@H]1COC(C)(C)O1. The Morgan fingerprint density at radius 1 is 1.46 bits per heavy atom. The minimum Gasteiger partial charge on any atom is -0.355 e. The summed E-state index contributed by atoms with van der Waals surface area (Å²) >= 11 is 1.83. The molecule has 2 fully saturated rings. The molecule has 0 aliphatic carbocycles. The average molecular weight is 204 g/mol. The number of rotatable bonds is 3. The van der Waals surface area contributed by atoms with Gasteiger partial charge < -0.3 is 14.2 Å². The summed E-state index contributed by atoms with van der Waals surface area (Å²) in [5.74, 6) is 0.677. The fourth-order valence-corrected chi connectivity index (χ4v) is 2.45. The minimum atomic E-state index is -0.419. The van der Waals surface area contributed by atoms with Crippen molar-refractivity contribution in [3.05, 3.63) is 0 Å². The molecule has 0 saturated carbocycles. The normalized spacial score (nSPS) is 42.2. The highest BCUT2D eigenvalue weighted by Gasteiger charge is 2.50. The molecule has 0 amide bonds. The van der Waals surface area contributed by atoms with Crippen LogP contribution in [0.15, 0.2) is 0 Å². The van der Waals surface area contributed by atoms with E-state index in [0.29, 0.717) is 12.0 Å². The van der Waals surface area contributed by atoms with E-state index in [0.717, 1.165) is 5.75 Å². The lowest BCUT2D eigenvalue weighted by Gasteiger charge is -2.16. The number of hydrogen-bond donors (Lipinski definition) is 0. The van der Waals surface area contributed by atoms with E-state index in [9.17, 15) is 0 Å². The van der Waals surface area contributed by atoms with E-state index in [1.807, 2.05) is 25.6 Å². The van der Waals surface area contributed by atoms with Crippen LogP contribution in [0.25, 0.3) is 0 Å². The van der Waals surface area contributed by atoms with Crippen molar-refractivity contribution >= 4 is 11.8 Å². The van der Waals surface area contributed by atoms with Gasteiger partial charge in [0.2, 0.25) is 0 Å². The number of thioether (sulfide) groups is 1. The van der Waals surface area contributed by atoms with E-state index < -0.39 is 5.79 Å². The van der Waals surface area contributed by atoms with Gasteiger partial charge in [-0.25, -0.2) is 0 Å². The van der Waals surface area contributed by atoms with Crippen LogP contribution in [0.1, 0.15) is 20.8 Å². The molecule has 2 rings (SSSR count). The summed E-state index contributed by atoms with van der Waals surface area (Å²) in [6, 6.07) is 0. The number of hydrogen-bond acceptors (Lipinski definition) is 4. The molecule has 4 heteroatoms. The van der Waals surface area contributed by atoms with Crippen molar-refractivity contribution in [2.45, 2.75) is 44.2 Å². The smallest absolute Gasteiger partial charge is 0.163 e. The Bertz CT molecular complexity index is 195. The molecule has 0 aromatic heterocycles. The molecule has 2 aliphatic heterocycles. The highest BCUT2D eigenvalue weighted by Crippen LogP contribution is 2.40. The van der Waals surface area contributed by atoms with Crippen molar-refractivity contribution in [2.75, 3.05) is 12.4 Å². The molecule has 3 nitrogen and oxygen atoms in total. The van der Waals surface area contributed by atoms with Crippen LogP contribution in [0.2, 0.25) is 0 Å². The van der Waals surface area contributed by atoms with E-state index in [-0.39, 0.29) is 12.2 Å². The first-order chi connectivity index (χ1) is 6.12.